The van der Waals surface area contributed by atoms with Gasteiger partial charge in [0.1, 0.15) is 5.82 Å². The number of nitrogens with zero attached hydrogens (tertiary/aromatic N) is 5. The summed E-state index contributed by atoms with van der Waals surface area (Å²) in [7, 11) is 1.97. The van der Waals surface area contributed by atoms with Crippen molar-refractivity contribution in [3.8, 4) is 6.07 Å². The molecule has 0 N–H and O–H groups in total. The lowest BCUT2D eigenvalue weighted by Gasteiger charge is -2.02. The molecule has 0 unspecified atom stereocenters. The number of rotatable bonds is 2. The summed E-state index contributed by atoms with van der Waals surface area (Å²) in [6.07, 6.45) is 3.65. The number of imidazole rings is 1. The molecule has 3 aromatic rings. The van der Waals surface area contributed by atoms with Crippen molar-refractivity contribution < 1.29 is 0 Å². The third-order valence-electron chi connectivity index (χ3n) is 2.97. The Balaban J connectivity index is 2.08. The summed E-state index contributed by atoms with van der Waals surface area (Å²) in [5, 5.41) is 13.0. The number of benzene rings is 1. The molecule has 88 valence electrons. The van der Waals surface area contributed by atoms with Crippen LogP contribution < -0.4 is 0 Å². The molecule has 0 fully saturated rings. The van der Waals surface area contributed by atoms with E-state index in [1.165, 1.54) is 0 Å². The average Bonchev–Trinajstić information content (AvgIpc) is 2.99. The first kappa shape index (κ1) is 10.5. The van der Waals surface area contributed by atoms with Gasteiger partial charge in [-0.05, 0) is 24.3 Å². The van der Waals surface area contributed by atoms with Crippen molar-refractivity contribution in [2.45, 2.75) is 6.54 Å². The van der Waals surface area contributed by atoms with E-state index >= 15 is 0 Å². The van der Waals surface area contributed by atoms with E-state index in [0.717, 1.165) is 16.9 Å². The van der Waals surface area contributed by atoms with Gasteiger partial charge >= 0.3 is 0 Å². The predicted molar refractivity (Wildman–Crippen MR) is 66.8 cm³/mol. The Hall–Kier alpha value is -2.61. The van der Waals surface area contributed by atoms with Crippen LogP contribution in [0.5, 0.6) is 0 Å². The molecule has 0 aliphatic rings. The Bertz CT molecular complexity index is 731. The molecular weight excluding hydrogens is 226 g/mol. The predicted octanol–water partition coefficient (Wildman–Crippen LogP) is 1.69. The van der Waals surface area contributed by atoms with Crippen LogP contribution >= 0.6 is 0 Å². The molecule has 0 aliphatic carbocycles. The van der Waals surface area contributed by atoms with Crippen LogP contribution in [0.4, 0.5) is 0 Å². The van der Waals surface area contributed by atoms with Gasteiger partial charge in [-0.1, -0.05) is 0 Å². The second-order valence-corrected chi connectivity index (χ2v) is 4.11. The zero-order valence-electron chi connectivity index (χ0n) is 9.91. The first-order chi connectivity index (χ1) is 8.78. The standard InChI is InChI=1S/C13H11N5/c1-17-12-4-3-10(8-14)7-11(12)16-13(17)9-18-6-2-5-15-18/h2-7H,9H2,1H3. The minimum absolute atomic E-state index is 0.625. The van der Waals surface area contributed by atoms with E-state index in [1.807, 2.05) is 46.8 Å². The van der Waals surface area contributed by atoms with Crippen molar-refractivity contribution in [3.05, 3.63) is 48.0 Å². The normalized spacial score (nSPS) is 10.7. The topological polar surface area (TPSA) is 59.4 Å². The lowest BCUT2D eigenvalue weighted by molar-refractivity contribution is 0.636. The van der Waals surface area contributed by atoms with Gasteiger partial charge < -0.3 is 4.57 Å². The van der Waals surface area contributed by atoms with E-state index in [4.69, 9.17) is 5.26 Å². The lowest BCUT2D eigenvalue weighted by Crippen LogP contribution is -2.06. The molecule has 0 atom stereocenters. The highest BCUT2D eigenvalue weighted by Gasteiger charge is 2.08. The van der Waals surface area contributed by atoms with Crippen molar-refractivity contribution in [1.82, 2.24) is 19.3 Å². The molecule has 0 bridgehead atoms. The fraction of sp³-hybridized carbons (Fsp3) is 0.154. The highest BCUT2D eigenvalue weighted by atomic mass is 15.3. The molecule has 0 radical (unpaired) electrons. The quantitative estimate of drug-likeness (QED) is 0.681. The molecule has 18 heavy (non-hydrogen) atoms. The summed E-state index contributed by atoms with van der Waals surface area (Å²) >= 11 is 0. The number of aromatic nitrogens is 4. The summed E-state index contributed by atoms with van der Waals surface area (Å²) in [5.74, 6) is 0.920. The SMILES string of the molecule is Cn1c(Cn2cccn2)nc2cc(C#N)ccc21. The zero-order chi connectivity index (χ0) is 12.5. The first-order valence-electron chi connectivity index (χ1n) is 5.61. The zero-order valence-corrected chi connectivity index (χ0v) is 9.91. The minimum Gasteiger partial charge on any atom is -0.330 e. The molecule has 0 spiro atoms. The molecule has 0 saturated heterocycles. The molecule has 0 saturated carbocycles. The molecule has 5 nitrogen and oxygen atoms in total. The fourth-order valence-corrected chi connectivity index (χ4v) is 2.00. The molecular formula is C13H11N5. The van der Waals surface area contributed by atoms with Gasteiger partial charge in [0, 0.05) is 19.4 Å². The maximum absolute atomic E-state index is 8.88. The summed E-state index contributed by atoms with van der Waals surface area (Å²) < 4.78 is 3.85. The van der Waals surface area contributed by atoms with Gasteiger partial charge in [0.15, 0.2) is 0 Å². The Labute approximate surface area is 104 Å². The van der Waals surface area contributed by atoms with Crippen LogP contribution in [0.15, 0.2) is 36.7 Å². The van der Waals surface area contributed by atoms with Crippen LogP contribution in [0.3, 0.4) is 0 Å². The molecule has 0 amide bonds. The minimum atomic E-state index is 0.625. The Kier molecular flexibility index (Phi) is 2.34. The van der Waals surface area contributed by atoms with Gasteiger partial charge in [0.25, 0.3) is 0 Å². The summed E-state index contributed by atoms with van der Waals surface area (Å²) in [6.45, 7) is 0.625. The van der Waals surface area contributed by atoms with E-state index in [2.05, 4.69) is 16.2 Å². The van der Waals surface area contributed by atoms with E-state index < -0.39 is 0 Å². The highest BCUT2D eigenvalue weighted by Crippen LogP contribution is 2.17. The van der Waals surface area contributed by atoms with Crippen LogP contribution in [-0.2, 0) is 13.6 Å². The number of aryl methyl sites for hydroxylation is 1. The number of hydrogen-bond donors (Lipinski definition) is 0. The van der Waals surface area contributed by atoms with Gasteiger partial charge in [0.05, 0.1) is 29.2 Å². The maximum Gasteiger partial charge on any atom is 0.131 e. The number of hydrogen-bond acceptors (Lipinski definition) is 3. The fourth-order valence-electron chi connectivity index (χ4n) is 2.00. The molecule has 0 aliphatic heterocycles. The third-order valence-corrected chi connectivity index (χ3v) is 2.97. The van der Waals surface area contributed by atoms with Gasteiger partial charge in [-0.3, -0.25) is 4.68 Å². The molecule has 2 aromatic heterocycles. The van der Waals surface area contributed by atoms with Crippen molar-refractivity contribution in [3.63, 3.8) is 0 Å². The largest absolute Gasteiger partial charge is 0.330 e. The summed E-state index contributed by atoms with van der Waals surface area (Å²) in [4.78, 5) is 4.55. The lowest BCUT2D eigenvalue weighted by atomic mass is 10.2. The van der Waals surface area contributed by atoms with Crippen molar-refractivity contribution in [1.29, 1.82) is 5.26 Å². The second kappa shape index (κ2) is 4.00. The van der Waals surface area contributed by atoms with Gasteiger partial charge in [0.2, 0.25) is 0 Å². The van der Waals surface area contributed by atoms with Gasteiger partial charge in [-0.2, -0.15) is 10.4 Å². The highest BCUT2D eigenvalue weighted by molar-refractivity contribution is 5.77. The Morgan fingerprint density at radius 3 is 3.00 bits per heavy atom. The van der Waals surface area contributed by atoms with Crippen molar-refractivity contribution >= 4 is 11.0 Å². The number of fused-ring (bicyclic) bond motifs is 1. The molecule has 2 heterocycles. The van der Waals surface area contributed by atoms with Crippen LogP contribution in [0.25, 0.3) is 11.0 Å². The second-order valence-electron chi connectivity index (χ2n) is 4.11. The van der Waals surface area contributed by atoms with Crippen LogP contribution in [0.2, 0.25) is 0 Å². The number of nitriles is 1. The monoisotopic (exact) mass is 237 g/mol. The van der Waals surface area contributed by atoms with Gasteiger partial charge in [-0.25, -0.2) is 4.98 Å². The van der Waals surface area contributed by atoms with Crippen molar-refractivity contribution in [2.75, 3.05) is 0 Å². The first-order valence-corrected chi connectivity index (χ1v) is 5.61. The van der Waals surface area contributed by atoms with E-state index in [0.29, 0.717) is 12.1 Å². The molecule has 1 aromatic carbocycles. The molecule has 5 heteroatoms. The van der Waals surface area contributed by atoms with E-state index in [1.54, 1.807) is 6.20 Å². The summed E-state index contributed by atoms with van der Waals surface area (Å²) in [6, 6.07) is 9.55. The average molecular weight is 237 g/mol. The van der Waals surface area contributed by atoms with Gasteiger partial charge in [-0.15, -0.1) is 0 Å². The smallest absolute Gasteiger partial charge is 0.131 e. The van der Waals surface area contributed by atoms with E-state index in [-0.39, 0.29) is 0 Å². The van der Waals surface area contributed by atoms with Crippen LogP contribution in [0.1, 0.15) is 11.4 Å². The third kappa shape index (κ3) is 1.64. The summed E-state index contributed by atoms with van der Waals surface area (Å²) in [5.41, 5.74) is 2.50. The maximum atomic E-state index is 8.88. The Morgan fingerprint density at radius 2 is 2.28 bits per heavy atom. The molecule has 3 rings (SSSR count). The van der Waals surface area contributed by atoms with Crippen LogP contribution in [0, 0.1) is 11.3 Å². The van der Waals surface area contributed by atoms with E-state index in [9.17, 15) is 0 Å². The van der Waals surface area contributed by atoms with Crippen molar-refractivity contribution in [2.24, 2.45) is 7.05 Å². The van der Waals surface area contributed by atoms with Crippen LogP contribution in [-0.4, -0.2) is 19.3 Å². The Morgan fingerprint density at radius 1 is 1.39 bits per heavy atom.